The minimum Gasteiger partial charge on any atom is -0.398 e. The molecule has 0 aliphatic carbocycles. The fraction of sp³-hybridized carbons (Fsp3) is 0.333. The van der Waals surface area contributed by atoms with Crippen LogP contribution in [0, 0.1) is 6.92 Å². The topological polar surface area (TPSA) is 52.0 Å². The summed E-state index contributed by atoms with van der Waals surface area (Å²) in [6.07, 6.45) is -4.51. The molecular weight excluding hydrogens is 229 g/mol. The zero-order valence-electron chi connectivity index (χ0n) is 7.90. The van der Waals surface area contributed by atoms with Gasteiger partial charge in [0, 0.05) is 5.69 Å². The normalized spacial score (nSPS) is 14.0. The molecule has 0 saturated heterocycles. The van der Waals surface area contributed by atoms with Crippen molar-refractivity contribution in [1.29, 1.82) is 0 Å². The molecule has 6 heteroatoms. The van der Waals surface area contributed by atoms with Crippen LogP contribution in [0.15, 0.2) is 12.1 Å². The van der Waals surface area contributed by atoms with Gasteiger partial charge in [0.1, 0.15) is 6.04 Å². The van der Waals surface area contributed by atoms with Gasteiger partial charge >= 0.3 is 6.18 Å². The van der Waals surface area contributed by atoms with Crippen LogP contribution in [-0.2, 0) is 0 Å². The highest BCUT2D eigenvalue weighted by molar-refractivity contribution is 6.32. The Morgan fingerprint density at radius 3 is 2.33 bits per heavy atom. The number of hydrogen-bond acceptors (Lipinski definition) is 2. The molecule has 0 aromatic heterocycles. The third-order valence-electron chi connectivity index (χ3n) is 2.15. The number of halogens is 4. The molecule has 0 heterocycles. The SMILES string of the molecule is Cc1c(N)ccc([C@H](N)C(F)(F)F)c1Cl. The number of rotatable bonds is 1. The first-order valence-corrected chi connectivity index (χ1v) is 4.49. The quantitative estimate of drug-likeness (QED) is 0.739. The van der Waals surface area contributed by atoms with Gasteiger partial charge in [-0.1, -0.05) is 17.7 Å². The maximum Gasteiger partial charge on any atom is 0.407 e. The summed E-state index contributed by atoms with van der Waals surface area (Å²) in [6.45, 7) is 1.55. The molecule has 0 aliphatic heterocycles. The average Bonchev–Trinajstić information content (AvgIpc) is 2.12. The molecule has 0 bridgehead atoms. The molecule has 0 amide bonds. The lowest BCUT2D eigenvalue weighted by Gasteiger charge is -2.18. The molecular formula is C9H10ClF3N2. The molecule has 0 radical (unpaired) electrons. The Bertz CT molecular complexity index is 376. The van der Waals surface area contributed by atoms with Crippen LogP contribution in [0.5, 0.6) is 0 Å². The van der Waals surface area contributed by atoms with Crippen LogP contribution in [0.4, 0.5) is 18.9 Å². The third kappa shape index (κ3) is 2.35. The van der Waals surface area contributed by atoms with Crippen molar-refractivity contribution in [3.63, 3.8) is 0 Å². The van der Waals surface area contributed by atoms with Crippen molar-refractivity contribution in [3.05, 3.63) is 28.3 Å². The highest BCUT2D eigenvalue weighted by Crippen LogP contribution is 2.36. The first-order chi connectivity index (χ1) is 6.75. The largest absolute Gasteiger partial charge is 0.407 e. The van der Waals surface area contributed by atoms with Gasteiger partial charge in [0.05, 0.1) is 5.02 Å². The van der Waals surface area contributed by atoms with Crippen LogP contribution in [0.25, 0.3) is 0 Å². The van der Waals surface area contributed by atoms with Crippen molar-refractivity contribution in [3.8, 4) is 0 Å². The van der Waals surface area contributed by atoms with E-state index in [1.807, 2.05) is 0 Å². The molecule has 84 valence electrons. The molecule has 1 aromatic carbocycles. The van der Waals surface area contributed by atoms with Gasteiger partial charge in [0.25, 0.3) is 0 Å². The molecule has 0 aliphatic rings. The first kappa shape index (κ1) is 12.1. The van der Waals surface area contributed by atoms with Gasteiger partial charge in [-0.2, -0.15) is 13.2 Å². The van der Waals surface area contributed by atoms with Gasteiger partial charge in [-0.25, -0.2) is 0 Å². The predicted molar refractivity (Wildman–Crippen MR) is 53.6 cm³/mol. The van der Waals surface area contributed by atoms with E-state index < -0.39 is 12.2 Å². The predicted octanol–water partition coefficient (Wildman–Crippen LogP) is 2.79. The Balaban J connectivity index is 3.23. The molecule has 15 heavy (non-hydrogen) atoms. The van der Waals surface area contributed by atoms with Crippen LogP contribution < -0.4 is 11.5 Å². The molecule has 0 spiro atoms. The summed E-state index contributed by atoms with van der Waals surface area (Å²) >= 11 is 5.74. The first-order valence-electron chi connectivity index (χ1n) is 4.12. The average molecular weight is 239 g/mol. The third-order valence-corrected chi connectivity index (χ3v) is 2.65. The minimum absolute atomic E-state index is 0.0279. The van der Waals surface area contributed by atoms with Crippen LogP contribution in [0.1, 0.15) is 17.2 Å². The summed E-state index contributed by atoms with van der Waals surface area (Å²) in [5.41, 5.74) is 11.1. The van der Waals surface area contributed by atoms with Crippen molar-refractivity contribution in [2.45, 2.75) is 19.1 Å². The van der Waals surface area contributed by atoms with E-state index in [1.165, 1.54) is 12.1 Å². The van der Waals surface area contributed by atoms with E-state index in [1.54, 1.807) is 6.92 Å². The monoisotopic (exact) mass is 238 g/mol. The Morgan fingerprint density at radius 1 is 1.33 bits per heavy atom. The van der Waals surface area contributed by atoms with E-state index in [-0.39, 0.29) is 10.6 Å². The lowest BCUT2D eigenvalue weighted by atomic mass is 10.0. The minimum atomic E-state index is -4.51. The second-order valence-corrected chi connectivity index (χ2v) is 3.58. The van der Waals surface area contributed by atoms with Gasteiger partial charge in [0.2, 0.25) is 0 Å². The number of anilines is 1. The maximum absolute atomic E-state index is 12.3. The lowest BCUT2D eigenvalue weighted by Crippen LogP contribution is -2.28. The highest BCUT2D eigenvalue weighted by Gasteiger charge is 2.39. The van der Waals surface area contributed by atoms with Gasteiger partial charge in [-0.15, -0.1) is 0 Å². The van der Waals surface area contributed by atoms with Crippen LogP contribution in [0.2, 0.25) is 5.02 Å². The Kier molecular flexibility index (Phi) is 3.16. The van der Waals surface area contributed by atoms with Gasteiger partial charge < -0.3 is 11.5 Å². The summed E-state index contributed by atoms with van der Waals surface area (Å²) in [5, 5.41) is -0.0279. The maximum atomic E-state index is 12.3. The zero-order valence-corrected chi connectivity index (χ0v) is 8.65. The number of nitrogens with two attached hydrogens (primary N) is 2. The molecule has 1 rings (SSSR count). The molecule has 2 nitrogen and oxygen atoms in total. The molecule has 1 aromatic rings. The summed E-state index contributed by atoms with van der Waals surface area (Å²) in [4.78, 5) is 0. The Labute approximate surface area is 90.0 Å². The number of hydrogen-bond donors (Lipinski definition) is 2. The van der Waals surface area contributed by atoms with Crippen LogP contribution >= 0.6 is 11.6 Å². The summed E-state index contributed by atoms with van der Waals surface area (Å²) in [5.74, 6) is 0. The number of alkyl halides is 3. The molecule has 0 saturated carbocycles. The van der Waals surface area contributed by atoms with Gasteiger partial charge in [-0.05, 0) is 24.1 Å². The summed E-state index contributed by atoms with van der Waals surface area (Å²) < 4.78 is 37.0. The highest BCUT2D eigenvalue weighted by atomic mass is 35.5. The summed E-state index contributed by atoms with van der Waals surface area (Å²) in [7, 11) is 0. The molecule has 0 unspecified atom stereocenters. The molecule has 4 N–H and O–H groups in total. The zero-order chi connectivity index (χ0) is 11.8. The van der Waals surface area contributed by atoms with Crippen LogP contribution in [-0.4, -0.2) is 6.18 Å². The second kappa shape index (κ2) is 3.90. The van der Waals surface area contributed by atoms with Gasteiger partial charge in [0.15, 0.2) is 0 Å². The van der Waals surface area contributed by atoms with E-state index in [2.05, 4.69) is 0 Å². The van der Waals surface area contributed by atoms with E-state index >= 15 is 0 Å². The number of nitrogen functional groups attached to an aromatic ring is 1. The number of benzene rings is 1. The summed E-state index contributed by atoms with van der Waals surface area (Å²) in [6, 6.07) is 0.481. The van der Waals surface area contributed by atoms with Gasteiger partial charge in [-0.3, -0.25) is 0 Å². The van der Waals surface area contributed by atoms with Crippen LogP contribution in [0.3, 0.4) is 0 Å². The van der Waals surface area contributed by atoms with Crippen molar-refractivity contribution in [2.75, 3.05) is 5.73 Å². The lowest BCUT2D eigenvalue weighted by molar-refractivity contribution is -0.149. The second-order valence-electron chi connectivity index (χ2n) is 3.20. The smallest absolute Gasteiger partial charge is 0.398 e. The van der Waals surface area contributed by atoms with Crippen molar-refractivity contribution >= 4 is 17.3 Å². The van der Waals surface area contributed by atoms with E-state index in [0.717, 1.165) is 0 Å². The van der Waals surface area contributed by atoms with E-state index in [9.17, 15) is 13.2 Å². The fourth-order valence-electron chi connectivity index (χ4n) is 1.14. The molecule has 1 atom stereocenters. The fourth-order valence-corrected chi connectivity index (χ4v) is 1.43. The van der Waals surface area contributed by atoms with E-state index in [4.69, 9.17) is 23.1 Å². The Hall–Kier alpha value is -0.940. The van der Waals surface area contributed by atoms with Crippen molar-refractivity contribution < 1.29 is 13.2 Å². The van der Waals surface area contributed by atoms with Crippen molar-refractivity contribution in [1.82, 2.24) is 0 Å². The Morgan fingerprint density at radius 2 is 1.87 bits per heavy atom. The standard InChI is InChI=1S/C9H10ClF3N2/c1-4-6(14)3-2-5(7(4)10)8(15)9(11,12)13/h2-3,8H,14-15H2,1H3/t8-/m0/s1. The van der Waals surface area contributed by atoms with E-state index in [0.29, 0.717) is 11.3 Å². The molecule has 0 fully saturated rings. The van der Waals surface area contributed by atoms with Crippen molar-refractivity contribution in [2.24, 2.45) is 5.73 Å².